The largest absolute Gasteiger partial charge is 0.417 e. The van der Waals surface area contributed by atoms with Crippen LogP contribution in [0.3, 0.4) is 0 Å². The Labute approximate surface area is 229 Å². The smallest absolute Gasteiger partial charge is 0.295 e. The maximum Gasteiger partial charge on any atom is 0.417 e. The van der Waals surface area contributed by atoms with Gasteiger partial charge >= 0.3 is 12.4 Å². The monoisotopic (exact) mass is 620 g/mol. The zero-order valence-corrected chi connectivity index (χ0v) is 21.0. The number of anilines is 1. The molecule has 0 aliphatic rings. The first-order valence-electron chi connectivity index (χ1n) is 10.3. The van der Waals surface area contributed by atoms with Crippen molar-refractivity contribution in [1.82, 2.24) is 5.43 Å². The summed E-state index contributed by atoms with van der Waals surface area (Å²) in [5.74, 6) is -7.85. The number of hydrazine groups is 1. The minimum Gasteiger partial charge on any atom is -0.295 e. The van der Waals surface area contributed by atoms with Gasteiger partial charge in [-0.15, -0.1) is 0 Å². The van der Waals surface area contributed by atoms with Gasteiger partial charge in [0.25, 0.3) is 5.91 Å². The van der Waals surface area contributed by atoms with Gasteiger partial charge in [-0.05, 0) is 48.0 Å². The summed E-state index contributed by atoms with van der Waals surface area (Å²) in [6.07, 6.45) is -10.4. The number of rotatable bonds is 6. The molecular weight excluding hydrogens is 610 g/mol. The van der Waals surface area contributed by atoms with Crippen LogP contribution in [0.1, 0.15) is 33.0 Å². The molecule has 1 atom stereocenters. The van der Waals surface area contributed by atoms with E-state index >= 15 is 0 Å². The minimum absolute atomic E-state index is 0.0133. The van der Waals surface area contributed by atoms with Gasteiger partial charge in [-0.1, -0.05) is 40.9 Å². The minimum atomic E-state index is -5.27. The van der Waals surface area contributed by atoms with Crippen molar-refractivity contribution < 1.29 is 44.3 Å². The summed E-state index contributed by atoms with van der Waals surface area (Å²) in [5.41, 5.74) is -1.33. The van der Waals surface area contributed by atoms with Crippen molar-refractivity contribution in [3.63, 3.8) is 0 Å². The normalized spacial score (nSPS) is 13.3. The summed E-state index contributed by atoms with van der Waals surface area (Å²) in [4.78, 5) is 12.4. The molecule has 0 aliphatic heterocycles. The van der Waals surface area contributed by atoms with Gasteiger partial charge in [0.2, 0.25) is 0 Å². The predicted molar refractivity (Wildman–Crippen MR) is 128 cm³/mol. The van der Waals surface area contributed by atoms with Gasteiger partial charge in [0, 0.05) is 11.6 Å². The topological polar surface area (TPSA) is 41.1 Å². The number of benzene rings is 3. The fourth-order valence-corrected chi connectivity index (χ4v) is 3.90. The molecule has 1 unspecified atom stereocenters. The summed E-state index contributed by atoms with van der Waals surface area (Å²) >= 11 is 17.2. The lowest BCUT2D eigenvalue weighted by molar-refractivity contribution is -0.140. The number of carbonyl (C=O) groups excluding carboxylic acids is 1. The molecular formula is C24H12Cl3F9N2O. The highest BCUT2D eigenvalue weighted by atomic mass is 35.5. The van der Waals surface area contributed by atoms with Crippen molar-refractivity contribution in [3.05, 3.63) is 104 Å². The first-order valence-corrected chi connectivity index (χ1v) is 11.4. The number of hydrogen-bond donors (Lipinski definition) is 2. The van der Waals surface area contributed by atoms with Gasteiger partial charge in [0.1, 0.15) is 23.4 Å². The molecule has 0 aromatic heterocycles. The van der Waals surface area contributed by atoms with E-state index in [9.17, 15) is 44.3 Å². The maximum absolute atomic E-state index is 14.9. The van der Waals surface area contributed by atoms with Crippen molar-refractivity contribution in [2.24, 2.45) is 0 Å². The molecule has 15 heteroatoms. The SMILES string of the molecule is O=C(NNc1cc(F)ccc1F)c1ccc(/C(F)=C/C(c2cc(Cl)c(Cl)c(Cl)c2)C(F)(F)F)cc1C(F)(F)F. The average molecular weight is 622 g/mol. The lowest BCUT2D eigenvalue weighted by Crippen LogP contribution is -2.31. The van der Waals surface area contributed by atoms with E-state index in [-0.39, 0.29) is 27.2 Å². The van der Waals surface area contributed by atoms with Crippen LogP contribution < -0.4 is 10.9 Å². The number of nitrogens with one attached hydrogen (secondary N) is 2. The Kier molecular flexibility index (Phi) is 9.03. The molecule has 0 bridgehead atoms. The van der Waals surface area contributed by atoms with Crippen LogP contribution >= 0.6 is 34.8 Å². The molecule has 3 aromatic rings. The molecule has 208 valence electrons. The summed E-state index contributed by atoms with van der Waals surface area (Å²) in [6, 6.07) is 4.87. The molecule has 0 saturated heterocycles. The van der Waals surface area contributed by atoms with Crippen LogP contribution in [0.2, 0.25) is 15.1 Å². The average Bonchev–Trinajstić information content (AvgIpc) is 2.84. The lowest BCUT2D eigenvalue weighted by atomic mass is 9.95. The molecule has 1 amide bonds. The Morgan fingerprint density at radius 2 is 1.49 bits per heavy atom. The number of amides is 1. The van der Waals surface area contributed by atoms with Crippen LogP contribution in [0.5, 0.6) is 0 Å². The summed E-state index contributed by atoms with van der Waals surface area (Å²) in [7, 11) is 0. The Morgan fingerprint density at radius 3 is 2.05 bits per heavy atom. The fraction of sp³-hybridized carbons (Fsp3) is 0.125. The van der Waals surface area contributed by atoms with Gasteiger partial charge in [-0.25, -0.2) is 13.2 Å². The van der Waals surface area contributed by atoms with Crippen LogP contribution in [0, 0.1) is 11.6 Å². The van der Waals surface area contributed by atoms with E-state index in [2.05, 4.69) is 0 Å². The van der Waals surface area contributed by atoms with Gasteiger partial charge in [-0.2, -0.15) is 26.3 Å². The molecule has 3 rings (SSSR count). The van der Waals surface area contributed by atoms with E-state index < -0.39 is 69.6 Å². The molecule has 3 nitrogen and oxygen atoms in total. The molecule has 0 radical (unpaired) electrons. The van der Waals surface area contributed by atoms with E-state index in [1.807, 2.05) is 5.43 Å². The molecule has 0 heterocycles. The maximum atomic E-state index is 14.9. The van der Waals surface area contributed by atoms with E-state index in [1.165, 1.54) is 0 Å². The fourth-order valence-electron chi connectivity index (χ4n) is 3.29. The van der Waals surface area contributed by atoms with Crippen molar-refractivity contribution in [3.8, 4) is 0 Å². The van der Waals surface area contributed by atoms with Gasteiger partial charge in [0.15, 0.2) is 0 Å². The number of carbonyl (C=O) groups is 1. The third-order valence-corrected chi connectivity index (χ3v) is 6.31. The third kappa shape index (κ3) is 7.31. The van der Waals surface area contributed by atoms with Crippen LogP contribution in [0.4, 0.5) is 45.2 Å². The number of hydrogen-bond acceptors (Lipinski definition) is 2. The number of allylic oxidation sites excluding steroid dienone is 1. The molecule has 0 saturated carbocycles. The van der Waals surface area contributed by atoms with Crippen LogP contribution in [0.25, 0.3) is 5.83 Å². The Bertz CT molecular complexity index is 1420. The summed E-state index contributed by atoms with van der Waals surface area (Å²) in [6.45, 7) is 0. The third-order valence-electron chi connectivity index (χ3n) is 5.12. The van der Waals surface area contributed by atoms with E-state index in [0.29, 0.717) is 24.3 Å². The molecule has 0 aliphatic carbocycles. The van der Waals surface area contributed by atoms with E-state index in [4.69, 9.17) is 34.8 Å². The zero-order chi connectivity index (χ0) is 29.3. The van der Waals surface area contributed by atoms with Gasteiger partial charge in [0.05, 0.1) is 31.9 Å². The van der Waals surface area contributed by atoms with Crippen molar-refractivity contribution in [1.29, 1.82) is 0 Å². The summed E-state index contributed by atoms with van der Waals surface area (Å²) < 4.78 is 124. The van der Waals surface area contributed by atoms with Crippen molar-refractivity contribution in [2.45, 2.75) is 18.3 Å². The summed E-state index contributed by atoms with van der Waals surface area (Å²) in [5, 5.41) is -1.00. The quantitative estimate of drug-likeness (QED) is 0.164. The van der Waals surface area contributed by atoms with Crippen molar-refractivity contribution >= 4 is 52.2 Å². The van der Waals surface area contributed by atoms with Crippen LogP contribution in [-0.4, -0.2) is 12.1 Å². The molecule has 3 aromatic carbocycles. The van der Waals surface area contributed by atoms with Crippen molar-refractivity contribution in [2.75, 3.05) is 5.43 Å². The predicted octanol–water partition coefficient (Wildman–Crippen LogP) is 9.36. The second-order valence-corrected chi connectivity index (χ2v) is 8.99. The molecule has 2 N–H and O–H groups in total. The van der Waals surface area contributed by atoms with Crippen LogP contribution in [0.15, 0.2) is 54.6 Å². The van der Waals surface area contributed by atoms with Gasteiger partial charge in [-0.3, -0.25) is 15.6 Å². The first kappa shape index (κ1) is 30.5. The highest BCUT2D eigenvalue weighted by Gasteiger charge is 2.41. The molecule has 0 spiro atoms. The molecule has 0 fully saturated rings. The van der Waals surface area contributed by atoms with Crippen LogP contribution in [-0.2, 0) is 6.18 Å². The second-order valence-electron chi connectivity index (χ2n) is 7.79. The van der Waals surface area contributed by atoms with E-state index in [0.717, 1.165) is 18.2 Å². The van der Waals surface area contributed by atoms with Gasteiger partial charge < -0.3 is 0 Å². The Morgan fingerprint density at radius 1 is 0.872 bits per heavy atom. The molecule has 39 heavy (non-hydrogen) atoms. The first-order chi connectivity index (χ1) is 18.0. The second kappa shape index (κ2) is 11.6. The highest BCUT2D eigenvalue weighted by molar-refractivity contribution is 6.48. The number of alkyl halides is 6. The highest BCUT2D eigenvalue weighted by Crippen LogP contribution is 2.42. The Balaban J connectivity index is 1.99. The number of halogens is 12. The Hall–Kier alpha value is -3.09. The lowest BCUT2D eigenvalue weighted by Gasteiger charge is -2.19. The standard InChI is InChI=1S/C24H12Cl3F9N2O/c25-16-6-11(7-17(26)21(16)27)14(23(31,32)33)9-19(30)10-1-3-13(15(5-10)24(34,35)36)22(39)38-37-20-8-12(28)2-4-18(20)29/h1-9,14,37H,(H,38,39)/b19-9-. The van der Waals surface area contributed by atoms with E-state index in [1.54, 1.807) is 5.43 Å². The zero-order valence-electron chi connectivity index (χ0n) is 18.7.